The van der Waals surface area contributed by atoms with Gasteiger partial charge in [-0.25, -0.2) is 0 Å². The molecule has 2 heterocycles. The molecule has 8 aromatic rings. The molecule has 300 valence electrons. The third-order valence-electron chi connectivity index (χ3n) is 10.8. The van der Waals surface area contributed by atoms with Crippen LogP contribution in [0, 0.1) is 41.5 Å². The monoisotopic (exact) mass is 902 g/mol. The van der Waals surface area contributed by atoms with Gasteiger partial charge in [-0.2, -0.15) is 0 Å². The Morgan fingerprint density at radius 1 is 0.500 bits per heavy atom. The predicted molar refractivity (Wildman–Crippen MR) is 254 cm³/mol. The maximum Gasteiger partial charge on any atom is 0.0896 e. The quantitative estimate of drug-likeness (QED) is 0.123. The van der Waals surface area contributed by atoms with Gasteiger partial charge < -0.3 is 8.83 Å². The van der Waals surface area contributed by atoms with Crippen molar-refractivity contribution >= 4 is 51.8 Å². The summed E-state index contributed by atoms with van der Waals surface area (Å²) in [6, 6.07) is 39.8. The van der Waals surface area contributed by atoms with Crippen molar-refractivity contribution in [3.63, 3.8) is 0 Å². The van der Waals surface area contributed by atoms with E-state index in [1.165, 1.54) is 77.2 Å². The zero-order valence-electron chi connectivity index (χ0n) is 36.2. The summed E-state index contributed by atoms with van der Waals surface area (Å²) >= 11 is 1.74. The Balaban J connectivity index is 0.000000228. The summed E-state index contributed by atoms with van der Waals surface area (Å²) in [4.78, 5) is 0. The molecular formula is C52H58Cl2O2SiZr. The minimum absolute atomic E-state index is 0. The largest absolute Gasteiger partial charge is 0.496 e. The maximum atomic E-state index is 5.85. The second-order valence-electron chi connectivity index (χ2n) is 16.3. The van der Waals surface area contributed by atoms with E-state index in [0.29, 0.717) is 11.8 Å². The normalized spacial score (nSPS) is 10.9. The van der Waals surface area contributed by atoms with Crippen molar-refractivity contribution in [2.45, 2.75) is 94.2 Å². The molecule has 0 aliphatic rings. The first-order chi connectivity index (χ1) is 26.6. The van der Waals surface area contributed by atoms with Gasteiger partial charge in [-0.15, -0.1) is 82.8 Å². The summed E-state index contributed by atoms with van der Waals surface area (Å²) in [5.41, 5.74) is 15.9. The number of benzene rings is 4. The average molecular weight is 905 g/mol. The number of rotatable bonds is 6. The summed E-state index contributed by atoms with van der Waals surface area (Å²) in [6.45, 7) is 26.4. The first-order valence-corrected chi connectivity index (χ1v) is 26.1. The second kappa shape index (κ2) is 20.1. The van der Waals surface area contributed by atoms with Gasteiger partial charge in [0.15, 0.2) is 0 Å². The van der Waals surface area contributed by atoms with Crippen LogP contribution < -0.4 is 0 Å². The fraction of sp³-hybridized carbons (Fsp3) is 0.269. The Hall–Kier alpha value is -3.66. The van der Waals surface area contributed by atoms with Gasteiger partial charge in [-0.05, 0) is 111 Å². The van der Waals surface area contributed by atoms with E-state index in [-0.39, 0.29) is 30.2 Å². The summed E-state index contributed by atoms with van der Waals surface area (Å²) in [5.74, 6) is 4.88. The minimum Gasteiger partial charge on any atom is -0.496 e. The summed E-state index contributed by atoms with van der Waals surface area (Å²) in [5, 5.41) is 5.16. The zero-order valence-corrected chi connectivity index (χ0v) is 41.3. The van der Waals surface area contributed by atoms with Crippen LogP contribution in [0.3, 0.4) is 0 Å². The molecule has 6 aromatic carbocycles. The molecule has 0 saturated carbocycles. The molecule has 0 amide bonds. The van der Waals surface area contributed by atoms with Gasteiger partial charge in [0.1, 0.15) is 0 Å². The van der Waals surface area contributed by atoms with E-state index < -0.39 is 0 Å². The molecule has 0 fully saturated rings. The summed E-state index contributed by atoms with van der Waals surface area (Å²) in [7, 11) is 0. The first-order valence-electron chi connectivity index (χ1n) is 19.9. The van der Waals surface area contributed by atoms with Crippen LogP contribution in [0.15, 0.2) is 118 Å². The standard InChI is InChI=1S/2C25H25O.C2H6Si.2ClH.Zr/c2*1-15(2)19-7-9-20(10-8-19)25-18(5)16(3)12-21-13-22(14-23(21)25)24-11-6-17(4)26-24;1-3-2;;;/h2*6-15H,1-5H3;1-2H3;2*1H;/q2*-1;;;;+2. The molecule has 0 saturated heterocycles. The smallest absolute Gasteiger partial charge is 0.0896 e. The van der Waals surface area contributed by atoms with E-state index in [1.807, 2.05) is 26.0 Å². The number of furan rings is 2. The van der Waals surface area contributed by atoms with E-state index >= 15 is 0 Å². The number of hydrogen-bond acceptors (Lipinski definition) is 2. The second-order valence-corrected chi connectivity index (χ2v) is 25.6. The maximum absolute atomic E-state index is 5.85. The molecule has 2 aromatic heterocycles. The molecule has 58 heavy (non-hydrogen) atoms. The van der Waals surface area contributed by atoms with Crippen LogP contribution in [0.1, 0.15) is 84.4 Å². The van der Waals surface area contributed by atoms with Crippen LogP contribution in [0.4, 0.5) is 0 Å². The van der Waals surface area contributed by atoms with Crippen molar-refractivity contribution in [2.24, 2.45) is 0 Å². The van der Waals surface area contributed by atoms with Crippen LogP contribution in [-0.4, -0.2) is 5.43 Å². The van der Waals surface area contributed by atoms with E-state index in [2.05, 4.69) is 166 Å². The predicted octanol–water partition coefficient (Wildman–Crippen LogP) is 16.7. The Morgan fingerprint density at radius 2 is 0.828 bits per heavy atom. The molecule has 2 nitrogen and oxygen atoms in total. The Morgan fingerprint density at radius 3 is 1.10 bits per heavy atom. The molecule has 0 aliphatic heterocycles. The minimum atomic E-state index is 0. The number of fused-ring (bicyclic) bond motifs is 2. The fourth-order valence-electron chi connectivity index (χ4n) is 7.48. The van der Waals surface area contributed by atoms with E-state index in [9.17, 15) is 0 Å². The van der Waals surface area contributed by atoms with Crippen molar-refractivity contribution in [3.05, 3.63) is 154 Å². The van der Waals surface area contributed by atoms with Crippen LogP contribution in [0.2, 0.25) is 13.1 Å². The van der Waals surface area contributed by atoms with Gasteiger partial charge in [-0.1, -0.05) is 110 Å². The molecule has 0 bridgehead atoms. The van der Waals surface area contributed by atoms with Crippen molar-refractivity contribution < 1.29 is 32.2 Å². The van der Waals surface area contributed by atoms with E-state index in [1.54, 1.807) is 23.3 Å². The van der Waals surface area contributed by atoms with Crippen molar-refractivity contribution in [2.75, 3.05) is 0 Å². The molecule has 8 rings (SSSR count). The fourth-order valence-corrected chi connectivity index (χ4v) is 7.48. The molecule has 0 unspecified atom stereocenters. The van der Waals surface area contributed by atoms with Gasteiger partial charge in [-0.3, -0.25) is 0 Å². The van der Waals surface area contributed by atoms with Gasteiger partial charge in [0.25, 0.3) is 0 Å². The van der Waals surface area contributed by atoms with E-state index in [4.69, 9.17) is 8.83 Å². The van der Waals surface area contributed by atoms with Crippen molar-refractivity contribution in [1.82, 2.24) is 0 Å². The van der Waals surface area contributed by atoms with Gasteiger partial charge in [0.2, 0.25) is 0 Å². The molecule has 0 N–H and O–H groups in total. The number of hydrogen-bond donors (Lipinski definition) is 0. The summed E-state index contributed by atoms with van der Waals surface area (Å²) in [6.07, 6.45) is 0. The number of halogens is 2. The van der Waals surface area contributed by atoms with E-state index in [0.717, 1.165) is 34.2 Å². The van der Waals surface area contributed by atoms with Crippen LogP contribution in [0.25, 0.3) is 66.4 Å². The van der Waals surface area contributed by atoms with Crippen LogP contribution in [0.5, 0.6) is 0 Å². The van der Waals surface area contributed by atoms with Gasteiger partial charge in [0, 0.05) is 0 Å². The van der Waals surface area contributed by atoms with Crippen LogP contribution >= 0.6 is 24.8 Å². The Kier molecular flexibility index (Phi) is 16.3. The third kappa shape index (κ3) is 10.6. The Labute approximate surface area is 374 Å². The topological polar surface area (TPSA) is 26.3 Å². The third-order valence-corrected chi connectivity index (χ3v) is 10.8. The molecule has 0 aliphatic carbocycles. The Bertz CT molecular complexity index is 2450. The average Bonchev–Trinajstić information content (AvgIpc) is 3.97. The van der Waals surface area contributed by atoms with Gasteiger partial charge in [0.05, 0.1) is 23.0 Å². The molecule has 0 atom stereocenters. The molecule has 0 spiro atoms. The first kappa shape index (κ1) is 47.0. The SMILES string of the molecule is C[Si](C)=[Zr+2].Cc1ccc(-c2cc3c(-c4ccc(C(C)C)cc4)c(C)c(C)cc3[cH-]2)o1.Cc1ccc(-c2cc3c(-c4ccc(C(C)C)cc4)c(C)c(C)cc3[cH-]2)o1.Cl.Cl. The van der Waals surface area contributed by atoms with Crippen molar-refractivity contribution in [3.8, 4) is 44.9 Å². The van der Waals surface area contributed by atoms with Crippen molar-refractivity contribution in [1.29, 1.82) is 0 Å². The molecular weight excluding hydrogens is 847 g/mol. The van der Waals surface area contributed by atoms with Gasteiger partial charge >= 0.3 is 41.9 Å². The van der Waals surface area contributed by atoms with Crippen LogP contribution in [-0.2, 0) is 23.3 Å². The summed E-state index contributed by atoms with van der Waals surface area (Å²) < 4.78 is 11.7. The molecule has 6 heteroatoms. The number of aryl methyl sites for hydroxylation is 4. The zero-order chi connectivity index (χ0) is 40.4. The molecule has 0 radical (unpaired) electrons.